The first kappa shape index (κ1) is 24.3. The molecule has 1 fully saturated rings. The Bertz CT molecular complexity index is 1140. The van der Waals surface area contributed by atoms with E-state index in [1.807, 2.05) is 55.6 Å². The number of methoxy groups -OCH3 is 2. The second-order valence-corrected chi connectivity index (χ2v) is 10.4. The van der Waals surface area contributed by atoms with Crippen LogP contribution in [0.5, 0.6) is 11.5 Å². The average molecular weight is 485 g/mol. The van der Waals surface area contributed by atoms with E-state index < -0.39 is 10.0 Å². The lowest BCUT2D eigenvalue weighted by Gasteiger charge is -2.21. The molecule has 34 heavy (non-hydrogen) atoms. The van der Waals surface area contributed by atoms with Gasteiger partial charge in [0.15, 0.2) is 5.03 Å². The van der Waals surface area contributed by atoms with Crippen molar-refractivity contribution in [2.45, 2.75) is 37.5 Å². The van der Waals surface area contributed by atoms with Gasteiger partial charge in [0.25, 0.3) is 10.0 Å². The third-order valence-electron chi connectivity index (χ3n) is 6.18. The smallest absolute Gasteiger partial charge is 0.262 e. The van der Waals surface area contributed by atoms with Gasteiger partial charge in [-0.15, -0.1) is 0 Å². The molecular formula is C25H32N4O4S. The SMILES string of the molecule is COc1ccc(CN(Cc2ccc(OC)cc2)S(=O)(=O)c2cc(CN3CCCC3)n(C)n2)cc1. The van der Waals surface area contributed by atoms with Crippen molar-refractivity contribution in [2.75, 3.05) is 27.3 Å². The lowest BCUT2D eigenvalue weighted by atomic mass is 10.2. The van der Waals surface area contributed by atoms with Crippen LogP contribution in [0.4, 0.5) is 0 Å². The Morgan fingerprint density at radius 3 is 1.85 bits per heavy atom. The standard InChI is InChI=1S/C25H32N4O4S/c1-27-22(19-28-14-4-5-15-28)16-25(26-27)34(30,31)29(17-20-6-10-23(32-2)11-7-20)18-21-8-12-24(33-3)13-9-21/h6-13,16H,4-5,14-15,17-19H2,1-3H3. The molecule has 2 heterocycles. The van der Waals surface area contributed by atoms with Crippen molar-refractivity contribution in [3.63, 3.8) is 0 Å². The van der Waals surface area contributed by atoms with Crippen molar-refractivity contribution in [3.8, 4) is 11.5 Å². The van der Waals surface area contributed by atoms with E-state index in [1.54, 1.807) is 25.0 Å². The second kappa shape index (κ2) is 10.6. The molecule has 8 nitrogen and oxygen atoms in total. The number of likely N-dealkylation sites (tertiary alicyclic amines) is 1. The van der Waals surface area contributed by atoms with Crippen LogP contribution in [0.25, 0.3) is 0 Å². The number of nitrogens with zero attached hydrogens (tertiary/aromatic N) is 4. The quantitative estimate of drug-likeness (QED) is 0.439. The molecule has 0 radical (unpaired) electrons. The van der Waals surface area contributed by atoms with E-state index in [0.29, 0.717) is 6.54 Å². The molecule has 0 spiro atoms. The third-order valence-corrected chi connectivity index (χ3v) is 7.84. The maximum Gasteiger partial charge on any atom is 0.262 e. The first-order valence-corrected chi connectivity index (χ1v) is 12.8. The van der Waals surface area contributed by atoms with Crippen LogP contribution in [0.1, 0.15) is 29.7 Å². The molecule has 9 heteroatoms. The van der Waals surface area contributed by atoms with Crippen molar-refractivity contribution in [1.82, 2.24) is 19.0 Å². The van der Waals surface area contributed by atoms with E-state index in [2.05, 4.69) is 10.00 Å². The number of aromatic nitrogens is 2. The minimum Gasteiger partial charge on any atom is -0.497 e. The maximum absolute atomic E-state index is 13.8. The van der Waals surface area contributed by atoms with Crippen LogP contribution in [0, 0.1) is 0 Å². The predicted octanol–water partition coefficient (Wildman–Crippen LogP) is 3.42. The fourth-order valence-corrected chi connectivity index (χ4v) is 5.56. The van der Waals surface area contributed by atoms with Gasteiger partial charge in [0, 0.05) is 32.7 Å². The molecule has 1 saturated heterocycles. The normalized spacial score (nSPS) is 14.6. The topological polar surface area (TPSA) is 76.9 Å². The van der Waals surface area contributed by atoms with Crippen LogP contribution < -0.4 is 9.47 Å². The van der Waals surface area contributed by atoms with Crippen molar-refractivity contribution in [1.29, 1.82) is 0 Å². The van der Waals surface area contributed by atoms with Gasteiger partial charge >= 0.3 is 0 Å². The van der Waals surface area contributed by atoms with Gasteiger partial charge in [-0.1, -0.05) is 24.3 Å². The summed E-state index contributed by atoms with van der Waals surface area (Å²) in [5.74, 6) is 1.45. The minimum atomic E-state index is -3.84. The highest BCUT2D eigenvalue weighted by Crippen LogP contribution is 2.24. The fraction of sp³-hybridized carbons (Fsp3) is 0.400. The molecule has 182 valence electrons. The van der Waals surface area contributed by atoms with E-state index in [0.717, 1.165) is 41.4 Å². The Labute approximate surface area is 201 Å². The zero-order chi connectivity index (χ0) is 24.1. The van der Waals surface area contributed by atoms with E-state index in [1.165, 1.54) is 17.1 Å². The number of benzene rings is 2. The Hall–Kier alpha value is -2.88. The summed E-state index contributed by atoms with van der Waals surface area (Å²) in [4.78, 5) is 2.33. The van der Waals surface area contributed by atoms with Gasteiger partial charge in [0.1, 0.15) is 11.5 Å². The lowest BCUT2D eigenvalue weighted by molar-refractivity contribution is 0.321. The lowest BCUT2D eigenvalue weighted by Crippen LogP contribution is -2.30. The summed E-state index contributed by atoms with van der Waals surface area (Å²) in [6, 6.07) is 16.6. The van der Waals surface area contributed by atoms with Crippen LogP contribution in [-0.2, 0) is 36.7 Å². The maximum atomic E-state index is 13.8. The molecule has 1 aliphatic heterocycles. The Kier molecular flexibility index (Phi) is 7.55. The van der Waals surface area contributed by atoms with Gasteiger partial charge in [-0.05, 0) is 61.3 Å². The van der Waals surface area contributed by atoms with Crippen LogP contribution >= 0.6 is 0 Å². The van der Waals surface area contributed by atoms with Gasteiger partial charge in [-0.25, -0.2) is 8.42 Å². The molecule has 0 saturated carbocycles. The van der Waals surface area contributed by atoms with Gasteiger partial charge in [-0.2, -0.15) is 9.40 Å². The van der Waals surface area contributed by atoms with Crippen molar-refractivity contribution >= 4 is 10.0 Å². The number of rotatable bonds is 10. The van der Waals surface area contributed by atoms with Crippen LogP contribution in [0.2, 0.25) is 0 Å². The van der Waals surface area contributed by atoms with Crippen LogP contribution in [0.15, 0.2) is 59.6 Å². The molecule has 0 bridgehead atoms. The summed E-state index contributed by atoms with van der Waals surface area (Å²) in [6.07, 6.45) is 2.36. The monoisotopic (exact) mass is 484 g/mol. The summed E-state index contributed by atoms with van der Waals surface area (Å²) in [7, 11) is 1.18. The zero-order valence-corrected chi connectivity index (χ0v) is 20.8. The van der Waals surface area contributed by atoms with Gasteiger partial charge in [-0.3, -0.25) is 9.58 Å². The Morgan fingerprint density at radius 1 is 0.882 bits per heavy atom. The van der Waals surface area contributed by atoms with Crippen LogP contribution in [-0.4, -0.2) is 54.7 Å². The number of sulfonamides is 1. The second-order valence-electron chi connectivity index (χ2n) is 8.55. The first-order chi connectivity index (χ1) is 16.4. The molecule has 0 unspecified atom stereocenters. The fourth-order valence-electron chi connectivity index (χ4n) is 4.15. The number of hydrogen-bond donors (Lipinski definition) is 0. The van der Waals surface area contributed by atoms with Gasteiger partial charge < -0.3 is 9.47 Å². The number of hydrogen-bond acceptors (Lipinski definition) is 6. The summed E-state index contributed by atoms with van der Waals surface area (Å²) in [6.45, 7) is 3.21. The van der Waals surface area contributed by atoms with Crippen molar-refractivity contribution in [3.05, 3.63) is 71.4 Å². The van der Waals surface area contributed by atoms with E-state index >= 15 is 0 Å². The number of aryl methyl sites for hydroxylation is 1. The molecule has 0 aliphatic carbocycles. The Morgan fingerprint density at radius 2 is 1.38 bits per heavy atom. The molecule has 3 aromatic rings. The summed E-state index contributed by atoms with van der Waals surface area (Å²) >= 11 is 0. The largest absolute Gasteiger partial charge is 0.497 e. The van der Waals surface area contributed by atoms with Crippen LogP contribution in [0.3, 0.4) is 0 Å². The molecule has 1 aliphatic rings. The average Bonchev–Trinajstić information content (AvgIpc) is 3.50. The molecule has 0 atom stereocenters. The van der Waals surface area contributed by atoms with Gasteiger partial charge in [0.05, 0.1) is 19.9 Å². The van der Waals surface area contributed by atoms with E-state index in [9.17, 15) is 8.42 Å². The van der Waals surface area contributed by atoms with Crippen molar-refractivity contribution in [2.24, 2.45) is 7.05 Å². The highest BCUT2D eigenvalue weighted by molar-refractivity contribution is 7.89. The first-order valence-electron chi connectivity index (χ1n) is 11.4. The minimum absolute atomic E-state index is 0.0752. The molecule has 1 aromatic heterocycles. The summed E-state index contributed by atoms with van der Waals surface area (Å²) < 4.78 is 41.2. The Balaban J connectivity index is 1.62. The highest BCUT2D eigenvalue weighted by atomic mass is 32.2. The summed E-state index contributed by atoms with van der Waals surface area (Å²) in [5.41, 5.74) is 2.63. The molecule has 4 rings (SSSR count). The predicted molar refractivity (Wildman–Crippen MR) is 130 cm³/mol. The van der Waals surface area contributed by atoms with E-state index in [-0.39, 0.29) is 18.1 Å². The zero-order valence-electron chi connectivity index (χ0n) is 20.0. The van der Waals surface area contributed by atoms with Gasteiger partial charge in [0.2, 0.25) is 0 Å². The molecular weight excluding hydrogens is 452 g/mol. The highest BCUT2D eigenvalue weighted by Gasteiger charge is 2.29. The molecule has 0 amide bonds. The molecule has 2 aromatic carbocycles. The summed E-state index contributed by atoms with van der Waals surface area (Å²) in [5, 5.41) is 4.48. The third kappa shape index (κ3) is 5.60. The molecule has 0 N–H and O–H groups in total. The van der Waals surface area contributed by atoms with E-state index in [4.69, 9.17) is 9.47 Å². The number of ether oxygens (including phenoxy) is 2. The van der Waals surface area contributed by atoms with Crippen molar-refractivity contribution < 1.29 is 17.9 Å².